The smallest absolute Gasteiger partial charge is 0.410 e. The summed E-state index contributed by atoms with van der Waals surface area (Å²) in [6.07, 6.45) is 1.10. The lowest BCUT2D eigenvalue weighted by Gasteiger charge is -2.46. The van der Waals surface area contributed by atoms with Crippen LogP contribution < -0.4 is 10.1 Å². The minimum Gasteiger partial charge on any atom is -0.473 e. The molecule has 1 aromatic heterocycles. The van der Waals surface area contributed by atoms with E-state index in [0.29, 0.717) is 37.9 Å². The molecule has 3 heterocycles. The van der Waals surface area contributed by atoms with Crippen molar-refractivity contribution in [3.8, 4) is 11.9 Å². The molecule has 2 saturated heterocycles. The van der Waals surface area contributed by atoms with Crippen LogP contribution in [-0.4, -0.2) is 54.0 Å². The van der Waals surface area contributed by atoms with Gasteiger partial charge in [-0.2, -0.15) is 5.26 Å². The third-order valence-electron chi connectivity index (χ3n) is 5.52. The van der Waals surface area contributed by atoms with Gasteiger partial charge < -0.3 is 24.4 Å². The van der Waals surface area contributed by atoms with E-state index < -0.39 is 11.4 Å². The fourth-order valence-electron chi connectivity index (χ4n) is 4.10. The van der Waals surface area contributed by atoms with Crippen LogP contribution in [-0.2, 0) is 9.47 Å². The number of pyridine rings is 1. The molecular weight excluding hydrogens is 427 g/mol. The Kier molecular flexibility index (Phi) is 6.38. The zero-order valence-electron chi connectivity index (χ0n) is 18.9. The van der Waals surface area contributed by atoms with E-state index in [2.05, 4.69) is 10.3 Å². The van der Waals surface area contributed by atoms with E-state index in [1.807, 2.05) is 26.8 Å². The van der Waals surface area contributed by atoms with Crippen molar-refractivity contribution in [1.82, 2.24) is 9.88 Å². The standard InChI is InChI=1S/C24H27FN4O4/c1-24(2,3)33-23(30)29-11-16-13-31-14-17(12-29)22(16)32-21-9-18(6-7-27-21)28-20-5-4-15(10-26)8-19(20)25/h4-9,16-17,22H,11-14H2,1-3H3,(H,27,28). The number of piperidine rings is 1. The molecule has 8 nitrogen and oxygen atoms in total. The molecule has 0 aliphatic carbocycles. The van der Waals surface area contributed by atoms with Gasteiger partial charge in [-0.15, -0.1) is 0 Å². The number of hydrogen-bond donors (Lipinski definition) is 1. The second-order valence-corrected chi connectivity index (χ2v) is 9.34. The van der Waals surface area contributed by atoms with E-state index in [9.17, 15) is 9.18 Å². The maximum absolute atomic E-state index is 14.2. The summed E-state index contributed by atoms with van der Waals surface area (Å²) >= 11 is 0. The lowest BCUT2D eigenvalue weighted by atomic mass is 9.84. The van der Waals surface area contributed by atoms with E-state index in [0.717, 1.165) is 0 Å². The van der Waals surface area contributed by atoms with Crippen LogP contribution in [0.4, 0.5) is 20.6 Å². The lowest BCUT2D eigenvalue weighted by molar-refractivity contribution is -0.113. The molecule has 0 radical (unpaired) electrons. The number of nitrogens with zero attached hydrogens (tertiary/aromatic N) is 3. The van der Waals surface area contributed by atoms with Crippen LogP contribution in [0, 0.1) is 29.0 Å². The van der Waals surface area contributed by atoms with Crippen LogP contribution >= 0.6 is 0 Å². The molecule has 1 aromatic carbocycles. The highest BCUT2D eigenvalue weighted by Crippen LogP contribution is 2.32. The third-order valence-corrected chi connectivity index (χ3v) is 5.52. The number of amides is 1. The highest BCUT2D eigenvalue weighted by Gasteiger charge is 2.44. The zero-order chi connectivity index (χ0) is 23.6. The predicted octanol–water partition coefficient (Wildman–Crippen LogP) is 4.10. The average molecular weight is 455 g/mol. The maximum Gasteiger partial charge on any atom is 0.410 e. The second-order valence-electron chi connectivity index (χ2n) is 9.34. The Hall–Kier alpha value is -3.38. The summed E-state index contributed by atoms with van der Waals surface area (Å²) in [6, 6.07) is 9.57. The second kappa shape index (κ2) is 9.24. The first-order valence-corrected chi connectivity index (χ1v) is 10.9. The number of ether oxygens (including phenoxy) is 3. The van der Waals surface area contributed by atoms with Crippen LogP contribution in [0.1, 0.15) is 26.3 Å². The van der Waals surface area contributed by atoms with Crippen LogP contribution in [0.5, 0.6) is 5.88 Å². The van der Waals surface area contributed by atoms with Gasteiger partial charge >= 0.3 is 6.09 Å². The number of halogens is 1. The molecule has 2 aliphatic rings. The molecule has 33 heavy (non-hydrogen) atoms. The number of carbonyl (C=O) groups excluding carboxylic acids is 1. The zero-order valence-corrected chi connectivity index (χ0v) is 18.9. The third kappa shape index (κ3) is 5.52. The first-order chi connectivity index (χ1) is 15.7. The minimum absolute atomic E-state index is 0.0144. The van der Waals surface area contributed by atoms with Crippen molar-refractivity contribution in [2.24, 2.45) is 11.8 Å². The number of hydrogen-bond acceptors (Lipinski definition) is 7. The number of aromatic nitrogens is 1. The van der Waals surface area contributed by atoms with Gasteiger partial charge in [-0.25, -0.2) is 14.2 Å². The van der Waals surface area contributed by atoms with Gasteiger partial charge in [-0.3, -0.25) is 0 Å². The Bertz CT molecular complexity index is 1050. The molecule has 1 amide bonds. The fourth-order valence-corrected chi connectivity index (χ4v) is 4.10. The van der Waals surface area contributed by atoms with Crippen molar-refractivity contribution < 1.29 is 23.4 Å². The van der Waals surface area contributed by atoms with Gasteiger partial charge in [0, 0.05) is 42.9 Å². The van der Waals surface area contributed by atoms with Gasteiger partial charge in [-0.05, 0) is 45.0 Å². The molecule has 2 bridgehead atoms. The van der Waals surface area contributed by atoms with Gasteiger partial charge in [0.25, 0.3) is 0 Å². The molecule has 9 heteroatoms. The predicted molar refractivity (Wildman–Crippen MR) is 119 cm³/mol. The number of nitriles is 1. The van der Waals surface area contributed by atoms with Crippen molar-refractivity contribution >= 4 is 17.5 Å². The molecule has 2 atom stereocenters. The maximum atomic E-state index is 14.2. The Morgan fingerprint density at radius 3 is 2.61 bits per heavy atom. The summed E-state index contributed by atoms with van der Waals surface area (Å²) < 4.78 is 31.7. The normalized spacial score (nSPS) is 22.3. The van der Waals surface area contributed by atoms with Crippen molar-refractivity contribution in [2.45, 2.75) is 32.5 Å². The van der Waals surface area contributed by atoms with E-state index in [1.54, 1.807) is 29.3 Å². The largest absolute Gasteiger partial charge is 0.473 e. The van der Waals surface area contributed by atoms with Crippen molar-refractivity contribution in [1.29, 1.82) is 5.26 Å². The van der Waals surface area contributed by atoms with Gasteiger partial charge in [0.05, 0.1) is 30.5 Å². The number of nitrogens with one attached hydrogen (secondary N) is 1. The number of rotatable bonds is 4. The average Bonchev–Trinajstić information content (AvgIpc) is 2.74. The lowest BCUT2D eigenvalue weighted by Crippen LogP contribution is -2.59. The molecule has 2 unspecified atom stereocenters. The molecule has 1 N–H and O–H groups in total. The SMILES string of the molecule is CC(C)(C)OC(=O)N1CC2COCC(C1)C2Oc1cc(Nc2ccc(C#N)cc2F)ccn1. The van der Waals surface area contributed by atoms with Gasteiger partial charge in [0.1, 0.15) is 17.5 Å². The van der Waals surface area contributed by atoms with Crippen LogP contribution in [0.2, 0.25) is 0 Å². The van der Waals surface area contributed by atoms with E-state index >= 15 is 0 Å². The number of anilines is 2. The summed E-state index contributed by atoms with van der Waals surface area (Å²) in [5, 5.41) is 11.9. The molecule has 0 spiro atoms. The Morgan fingerprint density at radius 1 is 1.24 bits per heavy atom. The summed E-state index contributed by atoms with van der Waals surface area (Å²) in [7, 11) is 0. The molecular formula is C24H27FN4O4. The Morgan fingerprint density at radius 2 is 1.97 bits per heavy atom. The first-order valence-electron chi connectivity index (χ1n) is 10.9. The molecule has 2 aliphatic heterocycles. The van der Waals surface area contributed by atoms with Gasteiger partial charge in [0.2, 0.25) is 5.88 Å². The number of fused-ring (bicyclic) bond motifs is 2. The quantitative estimate of drug-likeness (QED) is 0.743. The van der Waals surface area contributed by atoms with Gasteiger partial charge in [-0.1, -0.05) is 0 Å². The van der Waals surface area contributed by atoms with E-state index in [-0.39, 0.29) is 35.3 Å². The van der Waals surface area contributed by atoms with Crippen molar-refractivity contribution in [3.63, 3.8) is 0 Å². The number of benzene rings is 1. The topological polar surface area (TPSA) is 96.7 Å². The first kappa shape index (κ1) is 22.8. The van der Waals surface area contributed by atoms with Crippen LogP contribution in [0.25, 0.3) is 0 Å². The molecule has 2 aromatic rings. The molecule has 4 rings (SSSR count). The fraction of sp³-hybridized carbons (Fsp3) is 0.458. The minimum atomic E-state index is -0.554. The van der Waals surface area contributed by atoms with Crippen molar-refractivity contribution in [2.75, 3.05) is 31.6 Å². The Balaban J connectivity index is 1.44. The summed E-state index contributed by atoms with van der Waals surface area (Å²) in [4.78, 5) is 18.6. The highest BCUT2D eigenvalue weighted by atomic mass is 19.1. The summed E-state index contributed by atoms with van der Waals surface area (Å²) in [5.74, 6) is -0.144. The van der Waals surface area contributed by atoms with E-state index in [4.69, 9.17) is 19.5 Å². The summed E-state index contributed by atoms with van der Waals surface area (Å²) in [6.45, 7) is 7.46. The summed E-state index contributed by atoms with van der Waals surface area (Å²) in [5.41, 5.74) is 0.559. The molecule has 2 fully saturated rings. The van der Waals surface area contributed by atoms with Crippen molar-refractivity contribution in [3.05, 3.63) is 47.9 Å². The Labute approximate surface area is 192 Å². The van der Waals surface area contributed by atoms with E-state index in [1.165, 1.54) is 12.1 Å². The van der Waals surface area contributed by atoms with Crippen LogP contribution in [0.15, 0.2) is 36.5 Å². The molecule has 174 valence electrons. The number of likely N-dealkylation sites (tertiary alicyclic amines) is 1. The highest BCUT2D eigenvalue weighted by molar-refractivity contribution is 5.68. The monoisotopic (exact) mass is 454 g/mol. The van der Waals surface area contributed by atoms with Crippen LogP contribution in [0.3, 0.4) is 0 Å². The van der Waals surface area contributed by atoms with Gasteiger partial charge in [0.15, 0.2) is 0 Å². The number of carbonyl (C=O) groups is 1. The molecule has 0 saturated carbocycles.